The molecule has 0 aromatic carbocycles. The van der Waals surface area contributed by atoms with Crippen LogP contribution in [0.1, 0.15) is 10.5 Å². The minimum absolute atomic E-state index is 0.0380. The minimum Gasteiger partial charge on any atom is -0.451 e. The second kappa shape index (κ2) is 6.21. The number of nitrogens with one attached hydrogen (secondary N) is 1. The van der Waals surface area contributed by atoms with Crippen LogP contribution in [0.4, 0.5) is 5.82 Å². The number of anilines is 1. The van der Waals surface area contributed by atoms with Gasteiger partial charge in [0.15, 0.2) is 18.1 Å². The molecule has 1 heterocycles. The van der Waals surface area contributed by atoms with Gasteiger partial charge in [-0.1, -0.05) is 6.08 Å². The fourth-order valence-electron chi connectivity index (χ4n) is 0.943. The van der Waals surface area contributed by atoms with E-state index in [-0.39, 0.29) is 11.5 Å². The van der Waals surface area contributed by atoms with Crippen molar-refractivity contribution < 1.29 is 14.3 Å². The summed E-state index contributed by atoms with van der Waals surface area (Å²) in [5.41, 5.74) is 5.31. The number of carbonyl (C=O) groups is 2. The highest BCUT2D eigenvalue weighted by atomic mass is 16.5. The lowest BCUT2D eigenvalue weighted by Crippen LogP contribution is -2.29. The maximum atomic E-state index is 11.4. The zero-order chi connectivity index (χ0) is 12.7. The summed E-state index contributed by atoms with van der Waals surface area (Å²) in [7, 11) is 0. The number of amides is 1. The molecule has 0 fully saturated rings. The van der Waals surface area contributed by atoms with Crippen molar-refractivity contribution in [2.75, 3.05) is 18.9 Å². The predicted molar refractivity (Wildman–Crippen MR) is 59.9 cm³/mol. The summed E-state index contributed by atoms with van der Waals surface area (Å²) in [6.07, 6.45) is 4.17. The lowest BCUT2D eigenvalue weighted by Gasteiger charge is -2.05. The van der Waals surface area contributed by atoms with E-state index >= 15 is 0 Å². The predicted octanol–water partition coefficient (Wildman–Crippen LogP) is -0.482. The molecule has 0 bridgehead atoms. The van der Waals surface area contributed by atoms with Gasteiger partial charge >= 0.3 is 5.97 Å². The van der Waals surface area contributed by atoms with Crippen LogP contribution in [-0.4, -0.2) is 35.0 Å². The van der Waals surface area contributed by atoms with Crippen molar-refractivity contribution in [1.29, 1.82) is 0 Å². The van der Waals surface area contributed by atoms with Crippen LogP contribution in [0, 0.1) is 0 Å². The van der Waals surface area contributed by atoms with E-state index in [4.69, 9.17) is 10.5 Å². The second-order valence-electron chi connectivity index (χ2n) is 2.96. The van der Waals surface area contributed by atoms with Gasteiger partial charge in [-0.05, 0) is 0 Å². The van der Waals surface area contributed by atoms with E-state index in [0.29, 0.717) is 6.54 Å². The Morgan fingerprint density at radius 3 is 2.82 bits per heavy atom. The topological polar surface area (TPSA) is 107 Å². The molecule has 1 aromatic heterocycles. The molecule has 7 nitrogen and oxygen atoms in total. The third kappa shape index (κ3) is 3.90. The normalized spacial score (nSPS) is 9.41. The Morgan fingerprint density at radius 1 is 1.47 bits per heavy atom. The van der Waals surface area contributed by atoms with E-state index in [0.717, 1.165) is 0 Å². The Bertz CT molecular complexity index is 433. The third-order valence-corrected chi connectivity index (χ3v) is 1.70. The first-order chi connectivity index (χ1) is 8.15. The van der Waals surface area contributed by atoms with Crippen LogP contribution in [0.2, 0.25) is 0 Å². The highest BCUT2D eigenvalue weighted by molar-refractivity contribution is 5.93. The van der Waals surface area contributed by atoms with Gasteiger partial charge in [-0.2, -0.15) is 0 Å². The zero-order valence-electron chi connectivity index (χ0n) is 9.05. The van der Waals surface area contributed by atoms with Crippen LogP contribution in [-0.2, 0) is 9.53 Å². The number of nitrogens with two attached hydrogens (primary N) is 1. The highest BCUT2D eigenvalue weighted by Crippen LogP contribution is 2.04. The number of rotatable bonds is 5. The molecule has 7 heteroatoms. The Kier molecular flexibility index (Phi) is 4.61. The number of nitrogen functional groups attached to an aromatic ring is 1. The summed E-state index contributed by atoms with van der Waals surface area (Å²) in [5.74, 6) is -1.26. The van der Waals surface area contributed by atoms with Crippen molar-refractivity contribution in [2.45, 2.75) is 0 Å². The molecule has 3 N–H and O–H groups in total. The molecule has 0 radical (unpaired) electrons. The van der Waals surface area contributed by atoms with Gasteiger partial charge in [0.2, 0.25) is 0 Å². The molecule has 0 spiro atoms. The number of aromatic nitrogens is 2. The van der Waals surface area contributed by atoms with Crippen LogP contribution in [0.3, 0.4) is 0 Å². The van der Waals surface area contributed by atoms with Gasteiger partial charge in [-0.25, -0.2) is 14.8 Å². The van der Waals surface area contributed by atoms with E-state index in [9.17, 15) is 9.59 Å². The molecule has 0 atom stereocenters. The van der Waals surface area contributed by atoms with Crippen molar-refractivity contribution in [2.24, 2.45) is 0 Å². The maximum absolute atomic E-state index is 11.4. The number of hydrogen-bond acceptors (Lipinski definition) is 6. The molecule has 0 unspecified atom stereocenters. The molecule has 0 aliphatic carbocycles. The van der Waals surface area contributed by atoms with Crippen molar-refractivity contribution >= 4 is 17.7 Å². The van der Waals surface area contributed by atoms with Crippen molar-refractivity contribution in [3.8, 4) is 0 Å². The second-order valence-corrected chi connectivity index (χ2v) is 2.96. The summed E-state index contributed by atoms with van der Waals surface area (Å²) in [4.78, 5) is 29.9. The summed E-state index contributed by atoms with van der Waals surface area (Å²) in [5, 5.41) is 2.45. The van der Waals surface area contributed by atoms with E-state index in [1.807, 2.05) is 0 Å². The van der Waals surface area contributed by atoms with E-state index in [1.54, 1.807) is 0 Å². The molecular weight excluding hydrogens is 224 g/mol. The smallest absolute Gasteiger partial charge is 0.361 e. The number of nitrogens with zero attached hydrogens (tertiary/aromatic N) is 2. The van der Waals surface area contributed by atoms with Gasteiger partial charge in [0.05, 0.1) is 0 Å². The molecule has 1 amide bonds. The molecule has 1 aromatic rings. The quantitative estimate of drug-likeness (QED) is 0.528. The number of esters is 1. The first-order valence-corrected chi connectivity index (χ1v) is 4.76. The largest absolute Gasteiger partial charge is 0.451 e. The lowest BCUT2D eigenvalue weighted by molar-refractivity contribution is -0.124. The first kappa shape index (κ1) is 12.6. The summed E-state index contributed by atoms with van der Waals surface area (Å²) < 4.78 is 4.70. The van der Waals surface area contributed by atoms with E-state index < -0.39 is 18.5 Å². The number of ether oxygens (including phenoxy) is 1. The third-order valence-electron chi connectivity index (χ3n) is 1.70. The minimum atomic E-state index is -0.788. The highest BCUT2D eigenvalue weighted by Gasteiger charge is 2.14. The van der Waals surface area contributed by atoms with Crippen molar-refractivity contribution in [3.63, 3.8) is 0 Å². The Balaban J connectivity index is 2.48. The fraction of sp³-hybridized carbons (Fsp3) is 0.200. The summed E-state index contributed by atoms with van der Waals surface area (Å²) in [6.45, 7) is 3.34. The van der Waals surface area contributed by atoms with Crippen LogP contribution in [0.25, 0.3) is 0 Å². The summed E-state index contributed by atoms with van der Waals surface area (Å²) >= 11 is 0. The standard InChI is InChI=1S/C10H12N4O3/c1-2-3-12-7(15)6-17-10(16)8-9(11)14-5-4-13-8/h2,4-5H,1,3,6H2,(H2,11,14)(H,12,15). The van der Waals surface area contributed by atoms with Crippen molar-refractivity contribution in [1.82, 2.24) is 15.3 Å². The Hall–Kier alpha value is -2.44. The molecule has 0 aliphatic heterocycles. The van der Waals surface area contributed by atoms with Gasteiger partial charge < -0.3 is 15.8 Å². The molecule has 0 saturated heterocycles. The molecular formula is C10H12N4O3. The molecule has 90 valence electrons. The van der Waals surface area contributed by atoms with Gasteiger partial charge in [0.25, 0.3) is 5.91 Å². The van der Waals surface area contributed by atoms with E-state index in [2.05, 4.69) is 21.9 Å². The number of carbonyl (C=O) groups excluding carboxylic acids is 2. The number of hydrogen-bond donors (Lipinski definition) is 2. The van der Waals surface area contributed by atoms with E-state index in [1.165, 1.54) is 18.5 Å². The molecule has 0 aliphatic rings. The molecule has 0 saturated carbocycles. The van der Waals surface area contributed by atoms with Crippen LogP contribution < -0.4 is 11.1 Å². The van der Waals surface area contributed by atoms with Crippen LogP contribution in [0.5, 0.6) is 0 Å². The van der Waals surface area contributed by atoms with Gasteiger partial charge in [-0.15, -0.1) is 6.58 Å². The van der Waals surface area contributed by atoms with Crippen LogP contribution >= 0.6 is 0 Å². The Morgan fingerprint density at radius 2 is 2.18 bits per heavy atom. The fourth-order valence-corrected chi connectivity index (χ4v) is 0.943. The maximum Gasteiger partial charge on any atom is 0.361 e. The van der Waals surface area contributed by atoms with Gasteiger partial charge in [0, 0.05) is 18.9 Å². The van der Waals surface area contributed by atoms with Gasteiger partial charge in [-0.3, -0.25) is 4.79 Å². The van der Waals surface area contributed by atoms with Crippen molar-refractivity contribution in [3.05, 3.63) is 30.7 Å². The average Bonchev–Trinajstić information content (AvgIpc) is 2.34. The monoisotopic (exact) mass is 236 g/mol. The average molecular weight is 236 g/mol. The SMILES string of the molecule is C=CCNC(=O)COC(=O)c1nccnc1N. The van der Waals surface area contributed by atoms with Gasteiger partial charge in [0.1, 0.15) is 0 Å². The molecule has 1 rings (SSSR count). The Labute approximate surface area is 97.7 Å². The molecule has 17 heavy (non-hydrogen) atoms. The van der Waals surface area contributed by atoms with Crippen LogP contribution in [0.15, 0.2) is 25.0 Å². The summed E-state index contributed by atoms with van der Waals surface area (Å²) in [6, 6.07) is 0. The first-order valence-electron chi connectivity index (χ1n) is 4.76. The lowest BCUT2D eigenvalue weighted by atomic mass is 10.4. The zero-order valence-corrected chi connectivity index (χ0v) is 9.05.